The van der Waals surface area contributed by atoms with Crippen molar-refractivity contribution in [1.29, 1.82) is 0 Å². The van der Waals surface area contributed by atoms with Crippen LogP contribution in [0.3, 0.4) is 0 Å². The summed E-state index contributed by atoms with van der Waals surface area (Å²) in [6.07, 6.45) is 5.25. The van der Waals surface area contributed by atoms with Crippen molar-refractivity contribution in [3.05, 3.63) is 54.7 Å². The Balaban J connectivity index is 1.72. The number of carbonyl (C=O) groups excluding carboxylic acids is 1. The summed E-state index contributed by atoms with van der Waals surface area (Å²) in [6, 6.07) is 9.10. The Morgan fingerprint density at radius 1 is 1.33 bits per heavy atom. The molecule has 3 aromatic rings. The monoisotopic (exact) mass is 281 g/mol. The zero-order valence-electron chi connectivity index (χ0n) is 11.4. The molecule has 3 rings (SSSR count). The molecule has 6 heteroatoms. The fourth-order valence-corrected chi connectivity index (χ4v) is 2.13. The maximum atomic E-state index is 12.1. The Hall–Kier alpha value is -2.89. The van der Waals surface area contributed by atoms with Crippen LogP contribution in [0.1, 0.15) is 10.5 Å². The van der Waals surface area contributed by atoms with Gasteiger partial charge in [-0.15, -0.1) is 0 Å². The van der Waals surface area contributed by atoms with E-state index in [2.05, 4.69) is 15.3 Å². The molecule has 0 atom stereocenters. The molecular formula is C15H15N5O. The molecule has 0 spiro atoms. The summed E-state index contributed by atoms with van der Waals surface area (Å²) < 4.78 is 1.89. The third kappa shape index (κ3) is 2.84. The number of hydrogen-bond acceptors (Lipinski definition) is 4. The lowest BCUT2D eigenvalue weighted by molar-refractivity contribution is 0.0947. The number of pyridine rings is 1. The van der Waals surface area contributed by atoms with E-state index in [0.29, 0.717) is 24.5 Å². The smallest absolute Gasteiger partial charge is 0.270 e. The summed E-state index contributed by atoms with van der Waals surface area (Å²) in [7, 11) is 0. The Labute approximate surface area is 121 Å². The van der Waals surface area contributed by atoms with Crippen molar-refractivity contribution in [1.82, 2.24) is 19.9 Å². The Morgan fingerprint density at radius 2 is 2.19 bits per heavy atom. The summed E-state index contributed by atoms with van der Waals surface area (Å²) in [6.45, 7) is 1.17. The average molecular weight is 281 g/mol. The number of amides is 1. The highest BCUT2D eigenvalue weighted by Crippen LogP contribution is 2.19. The number of carbonyl (C=O) groups is 1. The maximum absolute atomic E-state index is 12.1. The van der Waals surface area contributed by atoms with Gasteiger partial charge in [0.05, 0.1) is 11.8 Å². The predicted molar refractivity (Wildman–Crippen MR) is 80.7 cm³/mol. The van der Waals surface area contributed by atoms with E-state index in [0.717, 1.165) is 10.9 Å². The molecule has 1 amide bonds. The lowest BCUT2D eigenvalue weighted by Gasteiger charge is -2.08. The lowest BCUT2D eigenvalue weighted by Crippen LogP contribution is -2.27. The van der Waals surface area contributed by atoms with E-state index >= 15 is 0 Å². The topological polar surface area (TPSA) is 85.8 Å². The molecule has 2 aromatic heterocycles. The quantitative estimate of drug-likeness (QED) is 0.757. The van der Waals surface area contributed by atoms with Crippen molar-refractivity contribution in [2.24, 2.45) is 0 Å². The second-order valence-electron chi connectivity index (χ2n) is 4.67. The highest BCUT2D eigenvalue weighted by atomic mass is 16.1. The minimum atomic E-state index is -0.229. The third-order valence-corrected chi connectivity index (χ3v) is 3.20. The molecule has 0 fully saturated rings. The number of nitrogens with zero attached hydrogens (tertiary/aromatic N) is 3. The van der Waals surface area contributed by atoms with Crippen molar-refractivity contribution in [3.63, 3.8) is 0 Å². The summed E-state index contributed by atoms with van der Waals surface area (Å²) in [5, 5.41) is 3.68. The SMILES string of the molecule is Nc1cc(C(=O)NCCn2ccnc2)nc2ccccc12. The van der Waals surface area contributed by atoms with Gasteiger partial charge in [0.15, 0.2) is 0 Å². The first kappa shape index (κ1) is 13.1. The Morgan fingerprint density at radius 3 is 3.00 bits per heavy atom. The number of nitrogens with one attached hydrogen (secondary N) is 1. The Kier molecular flexibility index (Phi) is 3.51. The average Bonchev–Trinajstić information content (AvgIpc) is 3.00. The fraction of sp³-hybridized carbons (Fsp3) is 0.133. The molecule has 1 aromatic carbocycles. The van der Waals surface area contributed by atoms with Gasteiger partial charge in [-0.2, -0.15) is 0 Å². The van der Waals surface area contributed by atoms with Crippen LogP contribution in [0.4, 0.5) is 5.69 Å². The van der Waals surface area contributed by atoms with Gasteiger partial charge in [0.1, 0.15) is 5.69 Å². The molecule has 0 saturated heterocycles. The summed E-state index contributed by atoms with van der Waals surface area (Å²) >= 11 is 0. The molecule has 21 heavy (non-hydrogen) atoms. The minimum Gasteiger partial charge on any atom is -0.398 e. The molecule has 0 unspecified atom stereocenters. The molecular weight excluding hydrogens is 266 g/mol. The van der Waals surface area contributed by atoms with Crippen LogP contribution in [-0.4, -0.2) is 27.0 Å². The molecule has 0 aliphatic carbocycles. The van der Waals surface area contributed by atoms with E-state index in [-0.39, 0.29) is 5.91 Å². The van der Waals surface area contributed by atoms with Gasteiger partial charge in [0.25, 0.3) is 5.91 Å². The van der Waals surface area contributed by atoms with Crippen molar-refractivity contribution in [2.75, 3.05) is 12.3 Å². The molecule has 106 valence electrons. The van der Waals surface area contributed by atoms with Crippen molar-refractivity contribution < 1.29 is 4.79 Å². The van der Waals surface area contributed by atoms with Crippen LogP contribution in [0.15, 0.2) is 49.1 Å². The molecule has 0 aliphatic rings. The number of para-hydroxylation sites is 1. The highest BCUT2D eigenvalue weighted by molar-refractivity contribution is 5.99. The summed E-state index contributed by atoms with van der Waals surface area (Å²) in [4.78, 5) is 20.4. The van der Waals surface area contributed by atoms with E-state index < -0.39 is 0 Å². The number of nitrogens with two attached hydrogens (primary N) is 1. The standard InChI is InChI=1S/C15H15N5O/c16-12-9-14(19-13-4-2-1-3-11(12)13)15(21)18-6-8-20-7-5-17-10-20/h1-5,7,9-10H,6,8H2,(H2,16,19)(H,18,21). The van der Waals surface area contributed by atoms with Crippen LogP contribution in [0, 0.1) is 0 Å². The normalized spacial score (nSPS) is 10.7. The number of anilines is 1. The molecule has 0 bridgehead atoms. The largest absolute Gasteiger partial charge is 0.398 e. The Bertz CT molecular complexity index is 767. The summed E-state index contributed by atoms with van der Waals surface area (Å²) in [5.41, 5.74) is 7.57. The van der Waals surface area contributed by atoms with Crippen LogP contribution >= 0.6 is 0 Å². The van der Waals surface area contributed by atoms with E-state index in [1.165, 1.54) is 0 Å². The first-order valence-corrected chi connectivity index (χ1v) is 6.63. The van der Waals surface area contributed by atoms with E-state index in [9.17, 15) is 4.79 Å². The molecule has 0 saturated carbocycles. The van der Waals surface area contributed by atoms with Gasteiger partial charge in [0, 0.05) is 36.6 Å². The summed E-state index contributed by atoms with van der Waals surface area (Å²) in [5.74, 6) is -0.229. The number of nitrogen functional groups attached to an aromatic ring is 1. The molecule has 6 nitrogen and oxygen atoms in total. The number of rotatable bonds is 4. The first-order valence-electron chi connectivity index (χ1n) is 6.63. The molecule has 0 radical (unpaired) electrons. The van der Waals surface area contributed by atoms with Crippen molar-refractivity contribution >= 4 is 22.5 Å². The fourth-order valence-electron chi connectivity index (χ4n) is 2.13. The predicted octanol–water partition coefficient (Wildman–Crippen LogP) is 1.44. The molecule has 3 N–H and O–H groups in total. The highest BCUT2D eigenvalue weighted by Gasteiger charge is 2.10. The van der Waals surface area contributed by atoms with Crippen LogP contribution in [0.2, 0.25) is 0 Å². The number of fused-ring (bicyclic) bond motifs is 1. The lowest BCUT2D eigenvalue weighted by atomic mass is 10.1. The first-order chi connectivity index (χ1) is 10.2. The van der Waals surface area contributed by atoms with Crippen LogP contribution in [0.25, 0.3) is 10.9 Å². The third-order valence-electron chi connectivity index (χ3n) is 3.20. The minimum absolute atomic E-state index is 0.229. The van der Waals surface area contributed by atoms with Gasteiger partial charge in [0.2, 0.25) is 0 Å². The van der Waals surface area contributed by atoms with Gasteiger partial charge < -0.3 is 15.6 Å². The van der Waals surface area contributed by atoms with E-state index in [1.54, 1.807) is 18.6 Å². The number of hydrogen-bond donors (Lipinski definition) is 2. The zero-order chi connectivity index (χ0) is 14.7. The van der Waals surface area contributed by atoms with E-state index in [1.807, 2.05) is 35.0 Å². The maximum Gasteiger partial charge on any atom is 0.270 e. The second kappa shape index (κ2) is 5.62. The van der Waals surface area contributed by atoms with Crippen molar-refractivity contribution in [3.8, 4) is 0 Å². The van der Waals surface area contributed by atoms with E-state index in [4.69, 9.17) is 5.73 Å². The zero-order valence-corrected chi connectivity index (χ0v) is 11.4. The number of imidazole rings is 1. The van der Waals surface area contributed by atoms with Gasteiger partial charge in [-0.25, -0.2) is 9.97 Å². The second-order valence-corrected chi connectivity index (χ2v) is 4.67. The number of aromatic nitrogens is 3. The number of benzene rings is 1. The van der Waals surface area contributed by atoms with Crippen LogP contribution < -0.4 is 11.1 Å². The van der Waals surface area contributed by atoms with Crippen molar-refractivity contribution in [2.45, 2.75) is 6.54 Å². The van der Waals surface area contributed by atoms with Gasteiger partial charge in [-0.3, -0.25) is 4.79 Å². The molecule has 2 heterocycles. The van der Waals surface area contributed by atoms with Gasteiger partial charge >= 0.3 is 0 Å². The van der Waals surface area contributed by atoms with Crippen LogP contribution in [0.5, 0.6) is 0 Å². The van der Waals surface area contributed by atoms with Gasteiger partial charge in [-0.05, 0) is 12.1 Å². The molecule has 0 aliphatic heterocycles. The van der Waals surface area contributed by atoms with Crippen LogP contribution in [-0.2, 0) is 6.54 Å². The van der Waals surface area contributed by atoms with Gasteiger partial charge in [-0.1, -0.05) is 18.2 Å².